The smallest absolute Gasteiger partial charge is 0.295 e. The van der Waals surface area contributed by atoms with Gasteiger partial charge in [-0.1, -0.05) is 64.8 Å². The average molecular weight is 474 g/mol. The maximum absolute atomic E-state index is 13.6. The van der Waals surface area contributed by atoms with Crippen LogP contribution in [0.25, 0.3) is 11.0 Å². The lowest BCUT2D eigenvalue weighted by molar-refractivity contribution is 0.0971. The summed E-state index contributed by atoms with van der Waals surface area (Å²) in [6.45, 7) is 4.10. The first-order valence-electron chi connectivity index (χ1n) is 10.2. The highest BCUT2D eigenvalue weighted by Gasteiger charge is 2.43. The van der Waals surface area contributed by atoms with E-state index in [0.717, 1.165) is 27.7 Å². The summed E-state index contributed by atoms with van der Waals surface area (Å²) < 4.78 is 6.80. The Morgan fingerprint density at radius 2 is 1.68 bits per heavy atom. The summed E-state index contributed by atoms with van der Waals surface area (Å²) in [4.78, 5) is 28.8. The van der Waals surface area contributed by atoms with Crippen molar-refractivity contribution in [3.63, 3.8) is 0 Å². The number of aryl methyl sites for hydroxylation is 2. The lowest BCUT2D eigenvalue weighted by Crippen LogP contribution is -2.29. The molecule has 1 aromatic heterocycles. The van der Waals surface area contributed by atoms with Crippen LogP contribution < -0.4 is 10.3 Å². The minimum Gasteiger partial charge on any atom is -0.450 e. The van der Waals surface area contributed by atoms with Crippen molar-refractivity contribution in [1.29, 1.82) is 0 Å². The predicted molar refractivity (Wildman–Crippen MR) is 126 cm³/mol. The highest BCUT2D eigenvalue weighted by Crippen LogP contribution is 2.41. The summed E-state index contributed by atoms with van der Waals surface area (Å²) in [5.41, 5.74) is 4.53. The number of fused-ring (bicyclic) bond motifs is 2. The van der Waals surface area contributed by atoms with Crippen LogP contribution in [0, 0.1) is 6.92 Å². The van der Waals surface area contributed by atoms with Crippen LogP contribution in [0.15, 0.2) is 80.4 Å². The fourth-order valence-corrected chi connectivity index (χ4v) is 4.53. The second-order valence-electron chi connectivity index (χ2n) is 7.82. The normalized spacial score (nSPS) is 15.5. The number of anilines is 1. The van der Waals surface area contributed by atoms with Crippen molar-refractivity contribution in [3.05, 3.63) is 109 Å². The van der Waals surface area contributed by atoms with E-state index in [-0.39, 0.29) is 17.1 Å². The molecule has 5 rings (SSSR count). The summed E-state index contributed by atoms with van der Waals surface area (Å²) in [6.07, 6.45) is 0.913. The Morgan fingerprint density at radius 3 is 2.35 bits per heavy atom. The zero-order valence-electron chi connectivity index (χ0n) is 17.2. The number of nitrogens with zero attached hydrogens (tertiary/aromatic N) is 1. The SMILES string of the molecule is CCc1ccc(N2C(=O)c3oc4ccc(Br)cc4c(=O)c3C2c2ccc(C)cc2)cc1. The number of amides is 1. The molecule has 4 nitrogen and oxygen atoms in total. The molecule has 31 heavy (non-hydrogen) atoms. The van der Waals surface area contributed by atoms with Gasteiger partial charge in [0, 0.05) is 10.2 Å². The van der Waals surface area contributed by atoms with E-state index in [2.05, 4.69) is 22.9 Å². The van der Waals surface area contributed by atoms with Crippen molar-refractivity contribution in [2.45, 2.75) is 26.3 Å². The van der Waals surface area contributed by atoms with Crippen LogP contribution in [0.2, 0.25) is 0 Å². The fraction of sp³-hybridized carbons (Fsp3) is 0.154. The molecule has 1 atom stereocenters. The van der Waals surface area contributed by atoms with Crippen LogP contribution in [-0.4, -0.2) is 5.91 Å². The third kappa shape index (κ3) is 3.20. The van der Waals surface area contributed by atoms with Gasteiger partial charge >= 0.3 is 0 Å². The number of halogens is 1. The van der Waals surface area contributed by atoms with Crippen molar-refractivity contribution < 1.29 is 9.21 Å². The number of carbonyl (C=O) groups is 1. The van der Waals surface area contributed by atoms with Gasteiger partial charge in [0.25, 0.3) is 5.91 Å². The van der Waals surface area contributed by atoms with Crippen molar-refractivity contribution in [1.82, 2.24) is 0 Å². The lowest BCUT2D eigenvalue weighted by atomic mass is 9.97. The first kappa shape index (κ1) is 19.8. The van der Waals surface area contributed by atoms with Crippen molar-refractivity contribution in [3.8, 4) is 0 Å². The van der Waals surface area contributed by atoms with Gasteiger partial charge in [-0.25, -0.2) is 0 Å². The topological polar surface area (TPSA) is 50.5 Å². The third-order valence-corrected chi connectivity index (χ3v) is 6.34. The van der Waals surface area contributed by atoms with Crippen LogP contribution in [0.5, 0.6) is 0 Å². The zero-order chi connectivity index (χ0) is 21.7. The van der Waals surface area contributed by atoms with Gasteiger partial charge < -0.3 is 4.42 Å². The minimum atomic E-state index is -0.546. The summed E-state index contributed by atoms with van der Waals surface area (Å²) in [5.74, 6) is -0.184. The van der Waals surface area contributed by atoms with Gasteiger partial charge in [0.2, 0.25) is 5.76 Å². The Balaban J connectivity index is 1.78. The third-order valence-electron chi connectivity index (χ3n) is 5.85. The summed E-state index contributed by atoms with van der Waals surface area (Å²) in [5, 5.41) is 0.459. The van der Waals surface area contributed by atoms with Crippen LogP contribution >= 0.6 is 15.9 Å². The van der Waals surface area contributed by atoms with Crippen LogP contribution in [-0.2, 0) is 6.42 Å². The number of rotatable bonds is 3. The Kier molecular flexibility index (Phi) is 4.78. The van der Waals surface area contributed by atoms with Crippen molar-refractivity contribution in [2.24, 2.45) is 0 Å². The van der Waals surface area contributed by atoms with Gasteiger partial charge in [0.15, 0.2) is 5.43 Å². The maximum atomic E-state index is 13.6. The second-order valence-corrected chi connectivity index (χ2v) is 8.74. The molecule has 154 valence electrons. The predicted octanol–water partition coefficient (Wildman–Crippen LogP) is 6.18. The number of carbonyl (C=O) groups excluding carboxylic acids is 1. The van der Waals surface area contributed by atoms with Gasteiger partial charge in [-0.15, -0.1) is 0 Å². The highest BCUT2D eigenvalue weighted by atomic mass is 79.9. The molecule has 0 saturated heterocycles. The van der Waals surface area contributed by atoms with Gasteiger partial charge in [-0.3, -0.25) is 14.5 Å². The molecule has 0 saturated carbocycles. The molecule has 1 aliphatic heterocycles. The molecule has 0 aliphatic carbocycles. The molecular weight excluding hydrogens is 454 g/mol. The van der Waals surface area contributed by atoms with E-state index in [9.17, 15) is 9.59 Å². The summed E-state index contributed by atoms with van der Waals surface area (Å²) in [7, 11) is 0. The molecular formula is C26H20BrNO3. The summed E-state index contributed by atoms with van der Waals surface area (Å²) in [6, 6.07) is 20.6. The van der Waals surface area contributed by atoms with E-state index in [4.69, 9.17) is 4.42 Å². The fourth-order valence-electron chi connectivity index (χ4n) is 4.17. The molecule has 5 heteroatoms. The van der Waals surface area contributed by atoms with Crippen molar-refractivity contribution >= 4 is 38.5 Å². The molecule has 0 spiro atoms. The Hall–Kier alpha value is -3.18. The van der Waals surface area contributed by atoms with E-state index in [1.807, 2.05) is 55.5 Å². The van der Waals surface area contributed by atoms with E-state index >= 15 is 0 Å². The monoisotopic (exact) mass is 473 g/mol. The quantitative estimate of drug-likeness (QED) is 0.357. The molecule has 0 radical (unpaired) electrons. The molecule has 1 amide bonds. The molecule has 2 heterocycles. The second kappa shape index (κ2) is 7.50. The summed E-state index contributed by atoms with van der Waals surface area (Å²) >= 11 is 3.43. The molecule has 1 unspecified atom stereocenters. The molecule has 1 aliphatic rings. The lowest BCUT2D eigenvalue weighted by Gasteiger charge is -2.25. The molecule has 0 bridgehead atoms. The van der Waals surface area contributed by atoms with E-state index in [1.165, 1.54) is 5.56 Å². The van der Waals surface area contributed by atoms with Crippen LogP contribution in [0.3, 0.4) is 0 Å². The number of hydrogen-bond acceptors (Lipinski definition) is 3. The zero-order valence-corrected chi connectivity index (χ0v) is 18.8. The van der Waals surface area contributed by atoms with Crippen molar-refractivity contribution in [2.75, 3.05) is 4.90 Å². The average Bonchev–Trinajstić information content (AvgIpc) is 3.07. The molecule has 4 aromatic rings. The van der Waals surface area contributed by atoms with Gasteiger partial charge in [-0.2, -0.15) is 0 Å². The molecule has 0 N–H and O–H groups in total. The van der Waals surface area contributed by atoms with E-state index in [0.29, 0.717) is 16.5 Å². The van der Waals surface area contributed by atoms with Crippen LogP contribution in [0.1, 0.15) is 45.8 Å². The standard InChI is InChI=1S/C26H20BrNO3/c1-3-16-6-11-19(12-7-16)28-23(17-8-4-15(2)5-9-17)22-24(29)20-14-18(27)10-13-21(20)31-25(22)26(28)30/h4-14,23H,3H2,1-2H3. The molecule has 0 fully saturated rings. The number of hydrogen-bond donors (Lipinski definition) is 0. The highest BCUT2D eigenvalue weighted by molar-refractivity contribution is 9.10. The largest absolute Gasteiger partial charge is 0.450 e. The van der Waals surface area contributed by atoms with E-state index in [1.54, 1.807) is 23.1 Å². The number of benzene rings is 3. The van der Waals surface area contributed by atoms with Gasteiger partial charge in [-0.05, 0) is 54.8 Å². The van der Waals surface area contributed by atoms with E-state index < -0.39 is 6.04 Å². The van der Waals surface area contributed by atoms with Crippen LogP contribution in [0.4, 0.5) is 5.69 Å². The first-order chi connectivity index (χ1) is 15.0. The first-order valence-corrected chi connectivity index (χ1v) is 11.0. The Bertz CT molecular complexity index is 1370. The van der Waals surface area contributed by atoms with Gasteiger partial charge in [0.1, 0.15) is 5.58 Å². The maximum Gasteiger partial charge on any atom is 0.295 e. The Labute approximate surface area is 188 Å². The Morgan fingerprint density at radius 1 is 0.968 bits per heavy atom. The minimum absolute atomic E-state index is 0.116. The van der Waals surface area contributed by atoms with Gasteiger partial charge in [0.05, 0.1) is 17.0 Å². The molecule has 3 aromatic carbocycles.